The van der Waals surface area contributed by atoms with Crippen LogP contribution in [-0.4, -0.2) is 18.1 Å². The minimum Gasteiger partial charge on any atom is -0.315 e. The van der Waals surface area contributed by atoms with Gasteiger partial charge in [-0.2, -0.15) is 13.2 Å². The second-order valence-electron chi connectivity index (χ2n) is 4.59. The number of fused-ring (bicyclic) bond motifs is 1. The molecular weight excluding hydrogens is 217 g/mol. The zero-order chi connectivity index (χ0) is 11.4. The summed E-state index contributed by atoms with van der Waals surface area (Å²) in [5.74, 6) is 0.475. The average Bonchev–Trinajstić information content (AvgIpc) is 2.81. The molecular formula is C11H11F3N2. The highest BCUT2D eigenvalue weighted by molar-refractivity contribution is 5.33. The summed E-state index contributed by atoms with van der Waals surface area (Å²) >= 11 is 0. The molecule has 1 N–H and O–H groups in total. The zero-order valence-electron chi connectivity index (χ0n) is 8.51. The van der Waals surface area contributed by atoms with E-state index in [4.69, 9.17) is 0 Å². The lowest BCUT2D eigenvalue weighted by Gasteiger charge is -2.13. The number of hydrogen-bond donors (Lipinski definition) is 1. The maximum Gasteiger partial charge on any atom is 0.433 e. The molecule has 0 amide bonds. The Balaban J connectivity index is 1.98. The van der Waals surface area contributed by atoms with E-state index >= 15 is 0 Å². The Bertz CT molecular complexity index is 429. The first-order valence-electron chi connectivity index (χ1n) is 5.28. The molecule has 1 aliphatic heterocycles. The van der Waals surface area contributed by atoms with Crippen molar-refractivity contribution in [3.63, 3.8) is 0 Å². The van der Waals surface area contributed by atoms with Crippen molar-refractivity contribution in [1.29, 1.82) is 0 Å². The highest BCUT2D eigenvalue weighted by atomic mass is 19.4. The van der Waals surface area contributed by atoms with Crippen molar-refractivity contribution in [2.24, 2.45) is 5.92 Å². The largest absolute Gasteiger partial charge is 0.433 e. The van der Waals surface area contributed by atoms with Crippen LogP contribution >= 0.6 is 0 Å². The van der Waals surface area contributed by atoms with Gasteiger partial charge in [0.2, 0.25) is 0 Å². The number of aromatic nitrogens is 1. The molecule has 5 heteroatoms. The molecule has 1 aromatic rings. The van der Waals surface area contributed by atoms with Gasteiger partial charge in [0.1, 0.15) is 5.69 Å². The monoisotopic (exact) mass is 228 g/mol. The van der Waals surface area contributed by atoms with Crippen molar-refractivity contribution in [2.75, 3.05) is 13.1 Å². The fraction of sp³-hybridized carbons (Fsp3) is 0.545. The molecule has 0 bridgehead atoms. The van der Waals surface area contributed by atoms with Crippen molar-refractivity contribution < 1.29 is 13.2 Å². The van der Waals surface area contributed by atoms with Crippen LogP contribution in [0.3, 0.4) is 0 Å². The fourth-order valence-corrected chi connectivity index (χ4v) is 2.61. The van der Waals surface area contributed by atoms with Gasteiger partial charge in [0.25, 0.3) is 0 Å². The first-order chi connectivity index (χ1) is 7.52. The fourth-order valence-electron chi connectivity index (χ4n) is 2.61. The molecule has 2 fully saturated rings. The Morgan fingerprint density at radius 1 is 1.38 bits per heavy atom. The maximum absolute atomic E-state index is 12.5. The van der Waals surface area contributed by atoms with E-state index in [1.54, 1.807) is 6.07 Å². The summed E-state index contributed by atoms with van der Waals surface area (Å²) in [7, 11) is 0. The average molecular weight is 228 g/mol. The number of pyridine rings is 1. The van der Waals surface area contributed by atoms with Crippen molar-refractivity contribution in [3.05, 3.63) is 29.6 Å². The molecule has 2 atom stereocenters. The molecule has 1 saturated heterocycles. The second kappa shape index (κ2) is 2.97. The van der Waals surface area contributed by atoms with Gasteiger partial charge in [-0.05, 0) is 31.0 Å². The Labute approximate surface area is 90.9 Å². The van der Waals surface area contributed by atoms with Crippen LogP contribution in [0, 0.1) is 5.92 Å². The van der Waals surface area contributed by atoms with Gasteiger partial charge < -0.3 is 5.32 Å². The van der Waals surface area contributed by atoms with Gasteiger partial charge in [0, 0.05) is 17.7 Å². The molecule has 0 unspecified atom stereocenters. The molecule has 1 aliphatic carbocycles. The number of nitrogens with one attached hydrogen (secondary N) is 1. The van der Waals surface area contributed by atoms with Crippen LogP contribution in [0.5, 0.6) is 0 Å². The van der Waals surface area contributed by atoms with Crippen molar-refractivity contribution in [2.45, 2.75) is 18.0 Å². The highest BCUT2D eigenvalue weighted by Gasteiger charge is 2.59. The lowest BCUT2D eigenvalue weighted by atomic mass is 10.0. The number of nitrogens with zero attached hydrogens (tertiary/aromatic N) is 1. The normalized spacial score (nSPS) is 32.6. The first kappa shape index (κ1) is 10.1. The third-order valence-corrected chi connectivity index (χ3v) is 3.61. The van der Waals surface area contributed by atoms with Crippen LogP contribution in [-0.2, 0) is 11.6 Å². The molecule has 2 aliphatic rings. The predicted octanol–water partition coefficient (Wildman–Crippen LogP) is 1.96. The summed E-state index contributed by atoms with van der Waals surface area (Å²) in [5.41, 5.74) is -0.296. The quantitative estimate of drug-likeness (QED) is 0.794. The van der Waals surface area contributed by atoms with Gasteiger partial charge in [-0.15, -0.1) is 0 Å². The molecule has 2 heterocycles. The molecule has 3 rings (SSSR count). The van der Waals surface area contributed by atoms with Gasteiger partial charge in [-0.3, -0.25) is 0 Å². The first-order valence-corrected chi connectivity index (χ1v) is 5.28. The van der Waals surface area contributed by atoms with E-state index in [1.165, 1.54) is 6.07 Å². The Morgan fingerprint density at radius 3 is 2.75 bits per heavy atom. The molecule has 1 aromatic heterocycles. The van der Waals surface area contributed by atoms with Gasteiger partial charge in [-0.25, -0.2) is 4.98 Å². The molecule has 0 spiro atoms. The zero-order valence-corrected chi connectivity index (χ0v) is 8.51. The van der Waals surface area contributed by atoms with Crippen LogP contribution in [0.25, 0.3) is 0 Å². The molecule has 2 nitrogen and oxygen atoms in total. The summed E-state index contributed by atoms with van der Waals surface area (Å²) in [6.07, 6.45) is -3.38. The van der Waals surface area contributed by atoms with Crippen LogP contribution < -0.4 is 5.32 Å². The standard InChI is InChI=1S/C11H11F3N2/c12-11(13,14)9-3-1-2-8(16-9)10-4-7(10)5-15-6-10/h1-3,7,15H,4-6H2/t7-,10-/m1/s1. The van der Waals surface area contributed by atoms with Crippen molar-refractivity contribution in [1.82, 2.24) is 10.3 Å². The Hall–Kier alpha value is -1.10. The second-order valence-corrected chi connectivity index (χ2v) is 4.59. The maximum atomic E-state index is 12.5. The summed E-state index contributed by atoms with van der Waals surface area (Å²) < 4.78 is 37.5. The number of rotatable bonds is 1. The van der Waals surface area contributed by atoms with Crippen LogP contribution in [0.1, 0.15) is 17.8 Å². The van der Waals surface area contributed by atoms with Gasteiger partial charge >= 0.3 is 6.18 Å². The SMILES string of the molecule is FC(F)(F)c1cccc([C@]23CNC[C@H]2C3)n1. The van der Waals surface area contributed by atoms with Crippen LogP contribution in [0.15, 0.2) is 18.2 Å². The highest BCUT2D eigenvalue weighted by Crippen LogP contribution is 2.55. The van der Waals surface area contributed by atoms with Gasteiger partial charge in [-0.1, -0.05) is 6.07 Å². The number of alkyl halides is 3. The number of halogens is 3. The molecule has 16 heavy (non-hydrogen) atoms. The number of hydrogen-bond acceptors (Lipinski definition) is 2. The summed E-state index contributed by atoms with van der Waals surface area (Å²) in [4.78, 5) is 3.77. The van der Waals surface area contributed by atoms with E-state index in [1.807, 2.05) is 0 Å². The summed E-state index contributed by atoms with van der Waals surface area (Å²) in [5, 5.41) is 3.20. The van der Waals surface area contributed by atoms with Gasteiger partial charge in [0.15, 0.2) is 0 Å². The van der Waals surface area contributed by atoms with E-state index < -0.39 is 11.9 Å². The van der Waals surface area contributed by atoms with E-state index in [0.29, 0.717) is 11.6 Å². The lowest BCUT2D eigenvalue weighted by molar-refractivity contribution is -0.141. The molecule has 0 radical (unpaired) electrons. The Morgan fingerprint density at radius 2 is 2.19 bits per heavy atom. The molecule has 0 aromatic carbocycles. The van der Waals surface area contributed by atoms with E-state index in [-0.39, 0.29) is 5.41 Å². The van der Waals surface area contributed by atoms with E-state index in [0.717, 1.165) is 25.6 Å². The summed E-state index contributed by atoms with van der Waals surface area (Å²) in [6, 6.07) is 4.19. The van der Waals surface area contributed by atoms with Crippen LogP contribution in [0.4, 0.5) is 13.2 Å². The third-order valence-electron chi connectivity index (χ3n) is 3.61. The van der Waals surface area contributed by atoms with E-state index in [2.05, 4.69) is 10.3 Å². The topological polar surface area (TPSA) is 24.9 Å². The third kappa shape index (κ3) is 1.34. The van der Waals surface area contributed by atoms with E-state index in [9.17, 15) is 13.2 Å². The van der Waals surface area contributed by atoms with Gasteiger partial charge in [0.05, 0.1) is 0 Å². The minimum atomic E-state index is -4.34. The predicted molar refractivity (Wildman–Crippen MR) is 51.9 cm³/mol. The minimum absolute atomic E-state index is 0.110. The molecule has 1 saturated carbocycles. The van der Waals surface area contributed by atoms with Crippen LogP contribution in [0.2, 0.25) is 0 Å². The molecule has 86 valence electrons. The summed E-state index contributed by atoms with van der Waals surface area (Å²) in [6.45, 7) is 1.66. The lowest BCUT2D eigenvalue weighted by Crippen LogP contribution is -2.21. The number of piperidine rings is 1. The van der Waals surface area contributed by atoms with Crippen molar-refractivity contribution in [3.8, 4) is 0 Å². The Kier molecular flexibility index (Phi) is 1.87. The van der Waals surface area contributed by atoms with Crippen molar-refractivity contribution >= 4 is 0 Å². The smallest absolute Gasteiger partial charge is 0.315 e.